The first kappa shape index (κ1) is 11.7. The molecule has 2 heterocycles. The van der Waals surface area contributed by atoms with Crippen molar-refractivity contribution in [3.05, 3.63) is 60.2 Å². The van der Waals surface area contributed by atoms with Crippen LogP contribution in [0.1, 0.15) is 18.4 Å². The highest BCUT2D eigenvalue weighted by Crippen LogP contribution is 2.27. The van der Waals surface area contributed by atoms with Crippen LogP contribution < -0.4 is 5.73 Å². The lowest BCUT2D eigenvalue weighted by Gasteiger charge is -2.19. The zero-order valence-corrected chi connectivity index (χ0v) is 10.4. The van der Waals surface area contributed by atoms with E-state index in [0.717, 1.165) is 5.56 Å². The first-order chi connectivity index (χ1) is 9.18. The quantitative estimate of drug-likeness (QED) is 0.778. The third-order valence-corrected chi connectivity index (χ3v) is 2.99. The summed E-state index contributed by atoms with van der Waals surface area (Å²) in [6.45, 7) is 1.84. The van der Waals surface area contributed by atoms with Crippen molar-refractivity contribution in [3.63, 3.8) is 0 Å². The molecule has 0 amide bonds. The van der Waals surface area contributed by atoms with Crippen LogP contribution in [0.5, 0.6) is 0 Å². The number of hydrogen-bond donors (Lipinski definition) is 1. The van der Waals surface area contributed by atoms with Crippen molar-refractivity contribution in [2.24, 2.45) is 5.73 Å². The number of nitrogens with zero attached hydrogens (tertiary/aromatic N) is 2. The summed E-state index contributed by atoms with van der Waals surface area (Å²) >= 11 is 0. The number of rotatable bonds is 3. The Balaban J connectivity index is 1.99. The topological polar surface area (TPSA) is 78.1 Å². The molecule has 3 rings (SSSR count). The van der Waals surface area contributed by atoms with Crippen LogP contribution in [-0.4, -0.2) is 10.1 Å². The lowest BCUT2D eigenvalue weighted by molar-refractivity contribution is 0.325. The second-order valence-electron chi connectivity index (χ2n) is 4.47. The Morgan fingerprint density at radius 3 is 2.58 bits per heavy atom. The van der Waals surface area contributed by atoms with Crippen LogP contribution in [0.15, 0.2) is 57.7 Å². The Morgan fingerprint density at radius 2 is 1.89 bits per heavy atom. The Hall–Kier alpha value is -2.40. The molecule has 5 heteroatoms. The zero-order chi connectivity index (χ0) is 13.3. The molecular weight excluding hydrogens is 242 g/mol. The summed E-state index contributed by atoms with van der Waals surface area (Å²) in [4.78, 5) is 4.30. The Morgan fingerprint density at radius 1 is 1.11 bits per heavy atom. The smallest absolute Gasteiger partial charge is 0.251 e. The fourth-order valence-electron chi connectivity index (χ4n) is 1.85. The van der Waals surface area contributed by atoms with Crippen molar-refractivity contribution in [1.82, 2.24) is 10.1 Å². The molecule has 96 valence electrons. The molecule has 0 bridgehead atoms. The van der Waals surface area contributed by atoms with Crippen molar-refractivity contribution in [3.8, 4) is 11.6 Å². The minimum atomic E-state index is -0.834. The average molecular weight is 255 g/mol. The van der Waals surface area contributed by atoms with Crippen LogP contribution in [0.25, 0.3) is 11.6 Å². The van der Waals surface area contributed by atoms with Gasteiger partial charge in [-0.25, -0.2) is 0 Å². The van der Waals surface area contributed by atoms with Crippen LogP contribution in [-0.2, 0) is 5.54 Å². The van der Waals surface area contributed by atoms with Gasteiger partial charge >= 0.3 is 0 Å². The van der Waals surface area contributed by atoms with E-state index in [1.165, 1.54) is 0 Å². The number of benzene rings is 1. The summed E-state index contributed by atoms with van der Waals surface area (Å²) in [7, 11) is 0. The monoisotopic (exact) mass is 255 g/mol. The highest BCUT2D eigenvalue weighted by Gasteiger charge is 2.30. The molecule has 1 unspecified atom stereocenters. The lowest BCUT2D eigenvalue weighted by Crippen LogP contribution is -2.34. The molecule has 0 aliphatic rings. The molecule has 3 aromatic rings. The molecule has 0 aliphatic heterocycles. The summed E-state index contributed by atoms with van der Waals surface area (Å²) < 4.78 is 10.5. The van der Waals surface area contributed by atoms with Crippen LogP contribution in [0.3, 0.4) is 0 Å². The molecule has 19 heavy (non-hydrogen) atoms. The normalized spacial score (nSPS) is 14.2. The van der Waals surface area contributed by atoms with Gasteiger partial charge in [-0.15, -0.1) is 0 Å². The van der Waals surface area contributed by atoms with Crippen LogP contribution in [0.2, 0.25) is 0 Å². The molecule has 1 aromatic carbocycles. The second kappa shape index (κ2) is 4.37. The van der Waals surface area contributed by atoms with E-state index in [9.17, 15) is 0 Å². The van der Waals surface area contributed by atoms with Gasteiger partial charge in [0, 0.05) is 0 Å². The van der Waals surface area contributed by atoms with Gasteiger partial charge in [0.15, 0.2) is 5.76 Å². The van der Waals surface area contributed by atoms with Crippen molar-refractivity contribution in [1.29, 1.82) is 0 Å². The third kappa shape index (κ3) is 2.04. The molecular formula is C14H13N3O2. The van der Waals surface area contributed by atoms with Crippen LogP contribution >= 0.6 is 0 Å². The van der Waals surface area contributed by atoms with Gasteiger partial charge < -0.3 is 14.7 Å². The summed E-state index contributed by atoms with van der Waals surface area (Å²) in [6, 6.07) is 13.2. The van der Waals surface area contributed by atoms with Crippen molar-refractivity contribution in [2.75, 3.05) is 0 Å². The summed E-state index contributed by atoms with van der Waals surface area (Å²) in [6.07, 6.45) is 1.56. The lowest BCUT2D eigenvalue weighted by atomic mass is 9.93. The maximum Gasteiger partial charge on any atom is 0.251 e. The van der Waals surface area contributed by atoms with Crippen molar-refractivity contribution in [2.45, 2.75) is 12.5 Å². The predicted molar refractivity (Wildman–Crippen MR) is 69.1 cm³/mol. The SMILES string of the molecule is CC(N)(c1ccccc1)c1nc(-c2ccco2)no1. The number of aromatic nitrogens is 2. The van der Waals surface area contributed by atoms with Crippen LogP contribution in [0, 0.1) is 0 Å². The third-order valence-electron chi connectivity index (χ3n) is 2.99. The minimum absolute atomic E-state index is 0.352. The molecule has 0 saturated carbocycles. The maximum atomic E-state index is 6.30. The fourth-order valence-corrected chi connectivity index (χ4v) is 1.85. The number of hydrogen-bond acceptors (Lipinski definition) is 5. The standard InChI is InChI=1S/C14H13N3O2/c1-14(15,10-6-3-2-4-7-10)13-16-12(17-19-13)11-8-5-9-18-11/h2-9H,15H2,1H3. The summed E-state index contributed by atoms with van der Waals surface area (Å²) in [5, 5.41) is 3.89. The van der Waals surface area contributed by atoms with Gasteiger partial charge in [0.25, 0.3) is 5.89 Å². The van der Waals surface area contributed by atoms with E-state index in [-0.39, 0.29) is 0 Å². The largest absolute Gasteiger partial charge is 0.461 e. The van der Waals surface area contributed by atoms with E-state index in [1.54, 1.807) is 18.4 Å². The first-order valence-electron chi connectivity index (χ1n) is 5.90. The van der Waals surface area contributed by atoms with E-state index in [2.05, 4.69) is 10.1 Å². The van der Waals surface area contributed by atoms with Gasteiger partial charge in [0.2, 0.25) is 5.82 Å². The second-order valence-corrected chi connectivity index (χ2v) is 4.47. The van der Waals surface area contributed by atoms with E-state index in [4.69, 9.17) is 14.7 Å². The van der Waals surface area contributed by atoms with Crippen LogP contribution in [0.4, 0.5) is 0 Å². The van der Waals surface area contributed by atoms with E-state index in [0.29, 0.717) is 17.5 Å². The summed E-state index contributed by atoms with van der Waals surface area (Å²) in [5.74, 6) is 1.30. The number of furan rings is 1. The molecule has 2 aromatic heterocycles. The predicted octanol–water partition coefficient (Wildman–Crippen LogP) is 2.55. The minimum Gasteiger partial charge on any atom is -0.461 e. The zero-order valence-electron chi connectivity index (χ0n) is 10.4. The van der Waals surface area contributed by atoms with Crippen molar-refractivity contribution < 1.29 is 8.94 Å². The fraction of sp³-hybridized carbons (Fsp3) is 0.143. The van der Waals surface area contributed by atoms with E-state index in [1.807, 2.05) is 37.3 Å². The first-order valence-corrected chi connectivity index (χ1v) is 5.90. The van der Waals surface area contributed by atoms with Gasteiger partial charge in [-0.05, 0) is 24.6 Å². The molecule has 1 atom stereocenters. The van der Waals surface area contributed by atoms with Gasteiger partial charge in [-0.2, -0.15) is 4.98 Å². The molecule has 2 N–H and O–H groups in total. The molecule has 0 spiro atoms. The van der Waals surface area contributed by atoms with Gasteiger partial charge in [-0.3, -0.25) is 0 Å². The van der Waals surface area contributed by atoms with Gasteiger partial charge in [0.1, 0.15) is 5.54 Å². The van der Waals surface area contributed by atoms with Gasteiger partial charge in [0.05, 0.1) is 6.26 Å². The molecule has 0 fully saturated rings. The van der Waals surface area contributed by atoms with Crippen molar-refractivity contribution >= 4 is 0 Å². The highest BCUT2D eigenvalue weighted by molar-refractivity contribution is 5.45. The molecule has 0 radical (unpaired) electrons. The summed E-state index contributed by atoms with van der Waals surface area (Å²) in [5.41, 5.74) is 6.37. The Kier molecular flexibility index (Phi) is 2.68. The van der Waals surface area contributed by atoms with Gasteiger partial charge in [-0.1, -0.05) is 35.5 Å². The Labute approximate surface area is 110 Å². The highest BCUT2D eigenvalue weighted by atomic mass is 16.5. The Bertz CT molecular complexity index is 657. The average Bonchev–Trinajstić information content (AvgIpc) is 3.10. The molecule has 0 aliphatic carbocycles. The molecule has 5 nitrogen and oxygen atoms in total. The number of nitrogens with two attached hydrogens (primary N) is 1. The maximum absolute atomic E-state index is 6.30. The molecule has 0 saturated heterocycles. The van der Waals surface area contributed by atoms with E-state index < -0.39 is 5.54 Å². The van der Waals surface area contributed by atoms with E-state index >= 15 is 0 Å².